The van der Waals surface area contributed by atoms with E-state index in [1.807, 2.05) is 0 Å². The normalized spacial score (nSPS) is 21.9. The maximum atomic E-state index is 11.0. The fourth-order valence-corrected chi connectivity index (χ4v) is 1.55. The number of carbonyl (C=O) groups excluding carboxylic acids is 2. The molecule has 1 fully saturated rings. The quantitative estimate of drug-likeness (QED) is 0.390. The molecular weight excluding hydrogens is 210 g/mol. The lowest BCUT2D eigenvalue weighted by Crippen LogP contribution is -2.47. The minimum absolute atomic E-state index is 0.120. The van der Waals surface area contributed by atoms with Gasteiger partial charge >= 0.3 is 11.3 Å². The van der Waals surface area contributed by atoms with Gasteiger partial charge in [-0.25, -0.2) is 0 Å². The summed E-state index contributed by atoms with van der Waals surface area (Å²) in [6.45, 7) is 1.20. The Hall–Kier alpha value is -0.810. The zero-order valence-electron chi connectivity index (χ0n) is 7.86. The number of morpholine rings is 1. The number of nitrogens with zero attached hydrogens (tertiary/aromatic N) is 1. The average molecular weight is 222 g/mol. The molecule has 1 rings (SSSR count). The SMILES string of the molecule is COC(=O)CC1COCCN1C(=O)Cl. The van der Waals surface area contributed by atoms with Crippen molar-refractivity contribution in [3.8, 4) is 0 Å². The van der Waals surface area contributed by atoms with Gasteiger partial charge in [-0.3, -0.25) is 9.59 Å². The van der Waals surface area contributed by atoms with Gasteiger partial charge in [-0.2, -0.15) is 0 Å². The van der Waals surface area contributed by atoms with E-state index in [-0.39, 0.29) is 18.4 Å². The molecule has 14 heavy (non-hydrogen) atoms. The van der Waals surface area contributed by atoms with Gasteiger partial charge in [-0.05, 0) is 11.6 Å². The smallest absolute Gasteiger partial charge is 0.316 e. The molecule has 0 N–H and O–H groups in total. The molecule has 0 spiro atoms. The molecular formula is C8H12ClNO4. The molecule has 0 aliphatic carbocycles. The van der Waals surface area contributed by atoms with Crippen molar-refractivity contribution >= 4 is 22.9 Å². The number of hydrogen-bond donors (Lipinski definition) is 0. The van der Waals surface area contributed by atoms with Crippen LogP contribution in [0.1, 0.15) is 6.42 Å². The minimum Gasteiger partial charge on any atom is -0.469 e. The maximum absolute atomic E-state index is 11.0. The molecule has 0 saturated carbocycles. The minimum atomic E-state index is -0.554. The van der Waals surface area contributed by atoms with E-state index in [0.717, 1.165) is 0 Å². The number of hydrogen-bond acceptors (Lipinski definition) is 4. The van der Waals surface area contributed by atoms with Crippen LogP contribution in [0.25, 0.3) is 0 Å². The van der Waals surface area contributed by atoms with Crippen molar-refractivity contribution in [3.05, 3.63) is 0 Å². The molecule has 1 aliphatic rings. The highest BCUT2D eigenvalue weighted by molar-refractivity contribution is 6.62. The first kappa shape index (κ1) is 11.3. The molecule has 0 bridgehead atoms. The van der Waals surface area contributed by atoms with Crippen LogP contribution in [-0.2, 0) is 14.3 Å². The Labute approximate surface area is 86.9 Å². The summed E-state index contributed by atoms with van der Waals surface area (Å²) in [6.07, 6.45) is 0.120. The number of rotatable bonds is 2. The summed E-state index contributed by atoms with van der Waals surface area (Å²) in [5, 5.41) is -0.554. The third kappa shape index (κ3) is 2.85. The molecule has 1 amide bonds. The second-order valence-electron chi connectivity index (χ2n) is 2.96. The van der Waals surface area contributed by atoms with Crippen LogP contribution in [0.5, 0.6) is 0 Å². The van der Waals surface area contributed by atoms with E-state index in [4.69, 9.17) is 16.3 Å². The lowest BCUT2D eigenvalue weighted by molar-refractivity contribution is -0.143. The van der Waals surface area contributed by atoms with Gasteiger partial charge in [0.15, 0.2) is 0 Å². The number of methoxy groups -OCH3 is 1. The van der Waals surface area contributed by atoms with E-state index in [9.17, 15) is 9.59 Å². The predicted octanol–water partition coefficient (Wildman–Crippen LogP) is 0.609. The van der Waals surface area contributed by atoms with Crippen molar-refractivity contribution in [3.63, 3.8) is 0 Å². The van der Waals surface area contributed by atoms with Crippen LogP contribution in [0, 0.1) is 0 Å². The van der Waals surface area contributed by atoms with Crippen LogP contribution in [0.2, 0.25) is 0 Å². The van der Waals surface area contributed by atoms with Crippen molar-refractivity contribution < 1.29 is 19.1 Å². The highest BCUT2D eigenvalue weighted by Gasteiger charge is 2.28. The van der Waals surface area contributed by atoms with E-state index >= 15 is 0 Å². The Morgan fingerprint density at radius 1 is 1.64 bits per heavy atom. The van der Waals surface area contributed by atoms with Gasteiger partial charge in [-0.1, -0.05) is 0 Å². The van der Waals surface area contributed by atoms with Crippen molar-refractivity contribution in [1.82, 2.24) is 4.90 Å². The van der Waals surface area contributed by atoms with Crippen molar-refractivity contribution in [2.45, 2.75) is 12.5 Å². The highest BCUT2D eigenvalue weighted by atomic mass is 35.5. The lowest BCUT2D eigenvalue weighted by atomic mass is 10.2. The zero-order valence-corrected chi connectivity index (χ0v) is 8.62. The topological polar surface area (TPSA) is 55.8 Å². The first-order chi connectivity index (χ1) is 6.65. The fourth-order valence-electron chi connectivity index (χ4n) is 1.33. The number of halogens is 1. The summed E-state index contributed by atoms with van der Waals surface area (Å²) in [5.41, 5.74) is 0. The standard InChI is InChI=1S/C8H12ClNO4/c1-13-7(11)4-6-5-14-3-2-10(6)8(9)12/h6H,2-5H2,1H3. The Kier molecular flexibility index (Phi) is 4.16. The first-order valence-corrected chi connectivity index (χ1v) is 4.63. The van der Waals surface area contributed by atoms with E-state index in [0.29, 0.717) is 19.8 Å². The second-order valence-corrected chi connectivity index (χ2v) is 3.28. The Morgan fingerprint density at radius 3 is 2.93 bits per heavy atom. The van der Waals surface area contributed by atoms with Gasteiger partial charge in [0.1, 0.15) is 0 Å². The molecule has 0 radical (unpaired) electrons. The molecule has 5 nitrogen and oxygen atoms in total. The van der Waals surface area contributed by atoms with Crippen LogP contribution >= 0.6 is 11.6 Å². The van der Waals surface area contributed by atoms with E-state index in [1.54, 1.807) is 0 Å². The monoisotopic (exact) mass is 221 g/mol. The molecule has 0 aromatic rings. The summed E-state index contributed by atoms with van der Waals surface area (Å²) >= 11 is 5.36. The molecule has 1 unspecified atom stereocenters. The number of esters is 1. The van der Waals surface area contributed by atoms with Crippen LogP contribution in [0.4, 0.5) is 4.79 Å². The molecule has 6 heteroatoms. The predicted molar refractivity (Wildman–Crippen MR) is 49.2 cm³/mol. The van der Waals surface area contributed by atoms with Crippen molar-refractivity contribution in [2.75, 3.05) is 26.9 Å². The molecule has 1 saturated heterocycles. The maximum Gasteiger partial charge on any atom is 0.316 e. The Balaban J connectivity index is 2.54. The average Bonchev–Trinajstić information content (AvgIpc) is 2.18. The van der Waals surface area contributed by atoms with Crippen molar-refractivity contribution in [1.29, 1.82) is 0 Å². The van der Waals surface area contributed by atoms with Gasteiger partial charge < -0.3 is 14.4 Å². The van der Waals surface area contributed by atoms with Gasteiger partial charge in [0.2, 0.25) is 0 Å². The van der Waals surface area contributed by atoms with E-state index in [1.165, 1.54) is 12.0 Å². The third-order valence-corrected chi connectivity index (χ3v) is 2.30. The molecule has 0 aromatic carbocycles. The summed E-state index contributed by atoms with van der Waals surface area (Å²) < 4.78 is 9.65. The molecule has 1 heterocycles. The molecule has 1 aliphatic heterocycles. The Bertz CT molecular complexity index is 233. The summed E-state index contributed by atoms with van der Waals surface area (Å²) in [5.74, 6) is -0.372. The van der Waals surface area contributed by atoms with Crippen molar-refractivity contribution in [2.24, 2.45) is 0 Å². The van der Waals surface area contributed by atoms with E-state index in [2.05, 4.69) is 4.74 Å². The summed E-state index contributed by atoms with van der Waals surface area (Å²) in [4.78, 5) is 23.4. The van der Waals surface area contributed by atoms with Crippen LogP contribution in [-0.4, -0.2) is 49.1 Å². The van der Waals surface area contributed by atoms with E-state index < -0.39 is 5.37 Å². The summed E-state index contributed by atoms with van der Waals surface area (Å²) in [6, 6.07) is -0.304. The zero-order chi connectivity index (χ0) is 10.6. The molecule has 0 aromatic heterocycles. The van der Waals surface area contributed by atoms with Gasteiger partial charge in [0, 0.05) is 6.54 Å². The molecule has 1 atom stereocenters. The summed E-state index contributed by atoms with van der Waals surface area (Å²) in [7, 11) is 1.30. The van der Waals surface area contributed by atoms with Gasteiger partial charge in [0.25, 0.3) is 0 Å². The van der Waals surface area contributed by atoms with Crippen LogP contribution < -0.4 is 0 Å². The number of ether oxygens (including phenoxy) is 2. The van der Waals surface area contributed by atoms with Gasteiger partial charge in [-0.15, -0.1) is 0 Å². The van der Waals surface area contributed by atoms with Crippen LogP contribution in [0.15, 0.2) is 0 Å². The lowest BCUT2D eigenvalue weighted by Gasteiger charge is -2.33. The first-order valence-electron chi connectivity index (χ1n) is 4.26. The Morgan fingerprint density at radius 2 is 2.36 bits per heavy atom. The largest absolute Gasteiger partial charge is 0.469 e. The molecule has 80 valence electrons. The number of carbonyl (C=O) groups is 2. The van der Waals surface area contributed by atoms with Gasteiger partial charge in [0.05, 0.1) is 32.8 Å². The fraction of sp³-hybridized carbons (Fsp3) is 0.750. The number of amides is 1. The third-order valence-electron chi connectivity index (χ3n) is 2.08. The highest BCUT2D eigenvalue weighted by Crippen LogP contribution is 2.13. The second kappa shape index (κ2) is 5.17. The van der Waals surface area contributed by atoms with Crippen LogP contribution in [0.3, 0.4) is 0 Å².